The lowest BCUT2D eigenvalue weighted by atomic mass is 9.53. The van der Waals surface area contributed by atoms with Gasteiger partial charge in [0, 0.05) is 31.6 Å². The van der Waals surface area contributed by atoms with E-state index in [0.717, 1.165) is 43.7 Å². The largest absolute Gasteiger partial charge is 0.343 e. The summed E-state index contributed by atoms with van der Waals surface area (Å²) in [6.07, 6.45) is 11.5. The van der Waals surface area contributed by atoms with Gasteiger partial charge in [0.05, 0.1) is 0 Å². The van der Waals surface area contributed by atoms with Crippen LogP contribution in [-0.2, 0) is 4.79 Å². The summed E-state index contributed by atoms with van der Waals surface area (Å²) in [6, 6.07) is -0.0663. The first kappa shape index (κ1) is 16.2. The Bertz CT molecular complexity index is 464. The molecule has 5 fully saturated rings. The molecular weight excluding hydrogens is 302 g/mol. The Morgan fingerprint density at radius 3 is 2.08 bits per heavy atom. The lowest BCUT2D eigenvalue weighted by Crippen LogP contribution is -2.61. The number of nitrogens with one attached hydrogen (secondary N) is 2. The fourth-order valence-corrected chi connectivity index (χ4v) is 6.13. The first-order valence-corrected chi connectivity index (χ1v) is 9.96. The van der Waals surface area contributed by atoms with E-state index in [4.69, 9.17) is 0 Å². The highest BCUT2D eigenvalue weighted by molar-refractivity contribution is 5.78. The van der Waals surface area contributed by atoms with Crippen molar-refractivity contribution in [2.45, 2.75) is 69.7 Å². The SMILES string of the molecule is O=C(NCCC(=O)N1CCCCC1)NC12CC3CC(CC(C3)C1)C2. The summed E-state index contributed by atoms with van der Waals surface area (Å²) in [4.78, 5) is 26.4. The Kier molecular flexibility index (Phi) is 4.44. The van der Waals surface area contributed by atoms with Crippen molar-refractivity contribution < 1.29 is 9.59 Å². The highest BCUT2D eigenvalue weighted by atomic mass is 16.2. The van der Waals surface area contributed by atoms with Gasteiger partial charge in [-0.15, -0.1) is 0 Å². The number of carbonyl (C=O) groups is 2. The molecule has 5 rings (SSSR count). The van der Waals surface area contributed by atoms with Gasteiger partial charge in [0.25, 0.3) is 0 Å². The molecule has 0 aromatic heterocycles. The molecule has 0 spiro atoms. The van der Waals surface area contributed by atoms with Gasteiger partial charge in [-0.3, -0.25) is 4.79 Å². The van der Waals surface area contributed by atoms with E-state index >= 15 is 0 Å². The van der Waals surface area contributed by atoms with Crippen LogP contribution in [0.5, 0.6) is 0 Å². The van der Waals surface area contributed by atoms with E-state index in [1.165, 1.54) is 44.9 Å². The topological polar surface area (TPSA) is 61.4 Å². The number of nitrogens with zero attached hydrogens (tertiary/aromatic N) is 1. The maximum Gasteiger partial charge on any atom is 0.315 e. The first-order chi connectivity index (χ1) is 11.6. The maximum absolute atomic E-state index is 12.3. The fraction of sp³-hybridized carbons (Fsp3) is 0.895. The number of urea groups is 1. The minimum Gasteiger partial charge on any atom is -0.343 e. The van der Waals surface area contributed by atoms with E-state index in [-0.39, 0.29) is 17.5 Å². The predicted molar refractivity (Wildman–Crippen MR) is 92.5 cm³/mol. The molecule has 5 aliphatic rings. The third-order valence-electron chi connectivity index (χ3n) is 6.75. The summed E-state index contributed by atoms with van der Waals surface area (Å²) in [5, 5.41) is 6.23. The van der Waals surface area contributed by atoms with Crippen molar-refractivity contribution in [2.24, 2.45) is 17.8 Å². The molecule has 4 bridgehead atoms. The van der Waals surface area contributed by atoms with Crippen LogP contribution in [0.25, 0.3) is 0 Å². The van der Waals surface area contributed by atoms with Crippen molar-refractivity contribution in [2.75, 3.05) is 19.6 Å². The van der Waals surface area contributed by atoms with Crippen LogP contribution in [0.1, 0.15) is 64.2 Å². The number of likely N-dealkylation sites (tertiary alicyclic amines) is 1. The van der Waals surface area contributed by atoms with Crippen LogP contribution in [0.4, 0.5) is 4.79 Å². The van der Waals surface area contributed by atoms with Gasteiger partial charge in [0.2, 0.25) is 5.91 Å². The molecule has 0 aromatic carbocycles. The zero-order chi connectivity index (χ0) is 16.6. The molecule has 134 valence electrons. The number of hydrogen-bond acceptors (Lipinski definition) is 2. The summed E-state index contributed by atoms with van der Waals surface area (Å²) in [5.41, 5.74) is 0.0513. The summed E-state index contributed by atoms with van der Waals surface area (Å²) in [7, 11) is 0. The lowest BCUT2D eigenvalue weighted by molar-refractivity contribution is -0.131. The molecule has 2 N–H and O–H groups in total. The average Bonchev–Trinajstić information content (AvgIpc) is 2.53. The number of rotatable bonds is 4. The second kappa shape index (κ2) is 6.57. The lowest BCUT2D eigenvalue weighted by Gasteiger charge is -2.56. The smallest absolute Gasteiger partial charge is 0.315 e. The Labute approximate surface area is 144 Å². The summed E-state index contributed by atoms with van der Waals surface area (Å²) >= 11 is 0. The molecule has 24 heavy (non-hydrogen) atoms. The minimum absolute atomic E-state index is 0.0513. The maximum atomic E-state index is 12.3. The molecule has 0 aromatic rings. The van der Waals surface area contributed by atoms with Crippen LogP contribution < -0.4 is 10.6 Å². The monoisotopic (exact) mass is 333 g/mol. The van der Waals surface area contributed by atoms with E-state index < -0.39 is 0 Å². The van der Waals surface area contributed by atoms with Crippen molar-refractivity contribution in [3.8, 4) is 0 Å². The molecule has 0 atom stereocenters. The van der Waals surface area contributed by atoms with Crippen molar-refractivity contribution in [3.05, 3.63) is 0 Å². The normalized spacial score (nSPS) is 37.3. The van der Waals surface area contributed by atoms with Crippen molar-refractivity contribution in [1.82, 2.24) is 15.5 Å². The van der Waals surface area contributed by atoms with E-state index in [2.05, 4.69) is 10.6 Å². The van der Waals surface area contributed by atoms with E-state index in [9.17, 15) is 9.59 Å². The first-order valence-electron chi connectivity index (χ1n) is 9.96. The van der Waals surface area contributed by atoms with E-state index in [0.29, 0.717) is 13.0 Å². The van der Waals surface area contributed by atoms with Gasteiger partial charge < -0.3 is 15.5 Å². The van der Waals surface area contributed by atoms with Crippen molar-refractivity contribution in [1.29, 1.82) is 0 Å². The zero-order valence-corrected chi connectivity index (χ0v) is 14.7. The van der Waals surface area contributed by atoms with Crippen LogP contribution in [0.15, 0.2) is 0 Å². The number of carbonyl (C=O) groups excluding carboxylic acids is 2. The molecule has 0 unspecified atom stereocenters. The molecule has 4 saturated carbocycles. The van der Waals surface area contributed by atoms with E-state index in [1.54, 1.807) is 0 Å². The fourth-order valence-electron chi connectivity index (χ4n) is 6.13. The minimum atomic E-state index is -0.0663. The second-order valence-electron chi connectivity index (χ2n) is 8.77. The van der Waals surface area contributed by atoms with E-state index in [1.807, 2.05) is 4.90 Å². The molecule has 3 amide bonds. The van der Waals surface area contributed by atoms with Gasteiger partial charge in [-0.1, -0.05) is 0 Å². The van der Waals surface area contributed by atoms with Crippen molar-refractivity contribution >= 4 is 11.9 Å². The molecule has 4 aliphatic carbocycles. The third-order valence-corrected chi connectivity index (χ3v) is 6.75. The Morgan fingerprint density at radius 1 is 0.917 bits per heavy atom. The third kappa shape index (κ3) is 3.40. The predicted octanol–water partition coefficient (Wildman–Crippen LogP) is 2.66. The second-order valence-corrected chi connectivity index (χ2v) is 8.77. The molecule has 1 saturated heterocycles. The van der Waals surface area contributed by atoms with Crippen LogP contribution in [0.3, 0.4) is 0 Å². The van der Waals surface area contributed by atoms with Crippen molar-refractivity contribution in [3.63, 3.8) is 0 Å². The number of piperidine rings is 1. The molecule has 1 aliphatic heterocycles. The standard InChI is InChI=1S/C19H31N3O2/c23-17(22-6-2-1-3-7-22)4-5-20-18(24)21-19-11-14-8-15(12-19)10-16(9-14)13-19/h14-16H,1-13H2,(H2,20,21,24). The highest BCUT2D eigenvalue weighted by Crippen LogP contribution is 2.55. The van der Waals surface area contributed by atoms with Gasteiger partial charge in [-0.2, -0.15) is 0 Å². The summed E-state index contributed by atoms with van der Waals surface area (Å²) in [6.45, 7) is 2.23. The van der Waals surface area contributed by atoms with Crippen LogP contribution in [0.2, 0.25) is 0 Å². The molecule has 1 heterocycles. The summed E-state index contributed by atoms with van der Waals surface area (Å²) in [5.74, 6) is 2.68. The number of amides is 3. The summed E-state index contributed by atoms with van der Waals surface area (Å²) < 4.78 is 0. The zero-order valence-electron chi connectivity index (χ0n) is 14.7. The van der Waals surface area contributed by atoms with Gasteiger partial charge in [-0.05, 0) is 75.5 Å². The van der Waals surface area contributed by atoms with Crippen LogP contribution >= 0.6 is 0 Å². The molecule has 5 heteroatoms. The number of hydrogen-bond donors (Lipinski definition) is 2. The molecule has 0 radical (unpaired) electrons. The Morgan fingerprint density at radius 2 is 1.50 bits per heavy atom. The van der Waals surface area contributed by atoms with Crippen LogP contribution in [0, 0.1) is 17.8 Å². The van der Waals surface area contributed by atoms with Gasteiger partial charge >= 0.3 is 6.03 Å². The van der Waals surface area contributed by atoms with Gasteiger partial charge in [0.1, 0.15) is 0 Å². The molecular formula is C19H31N3O2. The van der Waals surface area contributed by atoms with Crippen LogP contribution in [-0.4, -0.2) is 42.0 Å². The molecule has 5 nitrogen and oxygen atoms in total. The van der Waals surface area contributed by atoms with Gasteiger partial charge in [-0.25, -0.2) is 4.79 Å². The average molecular weight is 333 g/mol. The highest BCUT2D eigenvalue weighted by Gasteiger charge is 2.51. The Balaban J connectivity index is 1.22. The van der Waals surface area contributed by atoms with Gasteiger partial charge in [0.15, 0.2) is 0 Å². The quantitative estimate of drug-likeness (QED) is 0.831. The Hall–Kier alpha value is -1.26.